The van der Waals surface area contributed by atoms with Gasteiger partial charge in [0.2, 0.25) is 5.43 Å². The lowest BCUT2D eigenvalue weighted by Crippen LogP contribution is -2.42. The summed E-state index contributed by atoms with van der Waals surface area (Å²) in [6, 6.07) is 0.00787. The van der Waals surface area contributed by atoms with Crippen LogP contribution in [-0.4, -0.2) is 52.1 Å². The third kappa shape index (κ3) is 5.92. The van der Waals surface area contributed by atoms with Crippen molar-refractivity contribution in [2.24, 2.45) is 5.92 Å². The summed E-state index contributed by atoms with van der Waals surface area (Å²) in [7, 11) is 0. The van der Waals surface area contributed by atoms with Crippen LogP contribution in [-0.2, 0) is 0 Å². The van der Waals surface area contributed by atoms with Gasteiger partial charge in [-0.1, -0.05) is 33.1 Å². The number of aliphatic hydroxyl groups is 1. The van der Waals surface area contributed by atoms with Crippen molar-refractivity contribution in [1.29, 1.82) is 0 Å². The number of hydrogen-bond donors (Lipinski definition) is 2. The van der Waals surface area contributed by atoms with Crippen LogP contribution in [0.25, 0.3) is 0 Å². The predicted octanol–water partition coefficient (Wildman–Crippen LogP) is 2.58. The first kappa shape index (κ1) is 23.1. The molecule has 0 saturated heterocycles. The largest absolute Gasteiger partial charge is 0.395 e. The van der Waals surface area contributed by atoms with E-state index in [2.05, 4.69) is 5.32 Å². The molecule has 1 saturated carbocycles. The number of amides is 2. The topological polar surface area (TPSA) is 91.6 Å². The van der Waals surface area contributed by atoms with Crippen LogP contribution in [0.1, 0.15) is 86.6 Å². The van der Waals surface area contributed by atoms with Gasteiger partial charge in [-0.3, -0.25) is 14.4 Å². The molecule has 0 unspecified atom stereocenters. The number of pyridine rings is 1. The molecule has 2 N–H and O–H groups in total. The summed E-state index contributed by atoms with van der Waals surface area (Å²) in [5.41, 5.74) is -0.545. The molecule has 1 fully saturated rings. The summed E-state index contributed by atoms with van der Waals surface area (Å²) in [5.74, 6) is -0.631. The van der Waals surface area contributed by atoms with E-state index in [1.54, 1.807) is 12.4 Å². The maximum atomic E-state index is 13.1. The summed E-state index contributed by atoms with van der Waals surface area (Å²) in [6.45, 7) is 8.06. The summed E-state index contributed by atoms with van der Waals surface area (Å²) in [6.07, 6.45) is 8.52. The molecule has 29 heavy (non-hydrogen) atoms. The number of nitrogens with one attached hydrogen (secondary N) is 1. The van der Waals surface area contributed by atoms with Crippen LogP contribution < -0.4 is 10.7 Å². The first-order chi connectivity index (χ1) is 13.8. The van der Waals surface area contributed by atoms with Crippen molar-refractivity contribution in [3.05, 3.63) is 33.7 Å². The highest BCUT2D eigenvalue weighted by Gasteiger charge is 2.26. The van der Waals surface area contributed by atoms with Crippen molar-refractivity contribution >= 4 is 11.8 Å². The molecule has 0 radical (unpaired) electrons. The minimum absolute atomic E-state index is 0.00470. The molecule has 1 aliphatic rings. The average molecular weight is 406 g/mol. The Kier molecular flexibility index (Phi) is 8.44. The standard InChI is InChI=1S/C22H35N3O4/c1-15(2)12-23-21(28)18-13-24(17-8-6-5-7-9-17)14-19(20(18)27)22(29)25(10-11-26)16(3)4/h13-17,26H,5-12H2,1-4H3,(H,23,28). The minimum Gasteiger partial charge on any atom is -0.395 e. The highest BCUT2D eigenvalue weighted by molar-refractivity contribution is 5.99. The van der Waals surface area contributed by atoms with Gasteiger partial charge in [0.25, 0.3) is 11.8 Å². The lowest BCUT2D eigenvalue weighted by atomic mass is 9.95. The van der Waals surface area contributed by atoms with Crippen LogP contribution in [0.5, 0.6) is 0 Å². The van der Waals surface area contributed by atoms with Crippen LogP contribution in [0.3, 0.4) is 0 Å². The molecule has 1 aromatic heterocycles. The Bertz CT molecular complexity index is 764. The lowest BCUT2D eigenvalue weighted by molar-refractivity contribution is 0.0662. The molecular weight excluding hydrogens is 370 g/mol. The minimum atomic E-state index is -0.549. The molecular formula is C22H35N3O4. The molecule has 0 aromatic carbocycles. The number of aliphatic hydroxyl groups excluding tert-OH is 1. The number of carbonyl (C=O) groups excluding carboxylic acids is 2. The Hall–Kier alpha value is -2.15. The molecule has 2 rings (SSSR count). The zero-order valence-electron chi connectivity index (χ0n) is 18.1. The first-order valence-electron chi connectivity index (χ1n) is 10.7. The van der Waals surface area contributed by atoms with E-state index in [1.807, 2.05) is 32.3 Å². The van der Waals surface area contributed by atoms with Gasteiger partial charge in [-0.15, -0.1) is 0 Å². The molecule has 0 spiro atoms. The zero-order valence-corrected chi connectivity index (χ0v) is 18.1. The molecule has 1 aliphatic carbocycles. The van der Waals surface area contributed by atoms with Crippen LogP contribution in [0, 0.1) is 5.92 Å². The second-order valence-corrected chi connectivity index (χ2v) is 8.57. The van der Waals surface area contributed by atoms with Gasteiger partial charge in [0, 0.05) is 37.6 Å². The highest BCUT2D eigenvalue weighted by Crippen LogP contribution is 2.28. The van der Waals surface area contributed by atoms with Crippen molar-refractivity contribution in [2.45, 2.75) is 71.9 Å². The molecule has 2 amide bonds. The monoisotopic (exact) mass is 405 g/mol. The number of aromatic nitrogens is 1. The van der Waals surface area contributed by atoms with Crippen molar-refractivity contribution in [1.82, 2.24) is 14.8 Å². The van der Waals surface area contributed by atoms with E-state index in [0.717, 1.165) is 25.7 Å². The molecule has 1 heterocycles. The molecule has 0 aliphatic heterocycles. The van der Waals surface area contributed by atoms with Crippen molar-refractivity contribution in [3.63, 3.8) is 0 Å². The van der Waals surface area contributed by atoms with E-state index in [9.17, 15) is 19.5 Å². The van der Waals surface area contributed by atoms with Crippen LogP contribution in [0.4, 0.5) is 0 Å². The average Bonchev–Trinajstić information content (AvgIpc) is 2.70. The number of rotatable bonds is 8. The quantitative estimate of drug-likeness (QED) is 0.695. The molecule has 162 valence electrons. The highest BCUT2D eigenvalue weighted by atomic mass is 16.3. The molecule has 7 heteroatoms. The lowest BCUT2D eigenvalue weighted by Gasteiger charge is -2.28. The Morgan fingerprint density at radius 3 is 2.31 bits per heavy atom. The second-order valence-electron chi connectivity index (χ2n) is 8.57. The van der Waals surface area contributed by atoms with Gasteiger partial charge < -0.3 is 19.9 Å². The van der Waals surface area contributed by atoms with E-state index in [0.29, 0.717) is 6.54 Å². The normalized spacial score (nSPS) is 15.0. The first-order valence-corrected chi connectivity index (χ1v) is 10.7. The summed E-state index contributed by atoms with van der Waals surface area (Å²) < 4.78 is 1.88. The van der Waals surface area contributed by atoms with E-state index >= 15 is 0 Å². The molecule has 0 atom stereocenters. The fourth-order valence-corrected chi connectivity index (χ4v) is 3.75. The van der Waals surface area contributed by atoms with E-state index in [-0.39, 0.29) is 42.3 Å². The Labute approximate surface area is 173 Å². The van der Waals surface area contributed by atoms with Crippen LogP contribution >= 0.6 is 0 Å². The third-order valence-corrected chi connectivity index (χ3v) is 5.41. The number of nitrogens with zero attached hydrogens (tertiary/aromatic N) is 2. The van der Waals surface area contributed by atoms with Gasteiger partial charge in [-0.25, -0.2) is 0 Å². The van der Waals surface area contributed by atoms with Gasteiger partial charge in [0.1, 0.15) is 11.1 Å². The maximum absolute atomic E-state index is 13.1. The Morgan fingerprint density at radius 1 is 1.14 bits per heavy atom. The smallest absolute Gasteiger partial charge is 0.259 e. The van der Waals surface area contributed by atoms with Gasteiger partial charge in [0.15, 0.2) is 0 Å². The summed E-state index contributed by atoms with van der Waals surface area (Å²) >= 11 is 0. The third-order valence-electron chi connectivity index (χ3n) is 5.41. The SMILES string of the molecule is CC(C)CNC(=O)c1cn(C2CCCCC2)cc(C(=O)N(CCO)C(C)C)c1=O. The predicted molar refractivity (Wildman–Crippen MR) is 113 cm³/mol. The van der Waals surface area contributed by atoms with E-state index in [1.165, 1.54) is 11.3 Å². The molecule has 0 bridgehead atoms. The zero-order chi connectivity index (χ0) is 21.6. The van der Waals surface area contributed by atoms with Gasteiger partial charge in [-0.2, -0.15) is 0 Å². The number of hydrogen-bond acceptors (Lipinski definition) is 4. The Balaban J connectivity index is 2.50. The van der Waals surface area contributed by atoms with Gasteiger partial charge >= 0.3 is 0 Å². The van der Waals surface area contributed by atoms with Crippen molar-refractivity contribution in [3.8, 4) is 0 Å². The number of carbonyl (C=O) groups is 2. The van der Waals surface area contributed by atoms with E-state index in [4.69, 9.17) is 0 Å². The fourth-order valence-electron chi connectivity index (χ4n) is 3.75. The molecule has 7 nitrogen and oxygen atoms in total. The van der Waals surface area contributed by atoms with Crippen molar-refractivity contribution < 1.29 is 14.7 Å². The fraction of sp³-hybridized carbons (Fsp3) is 0.682. The van der Waals surface area contributed by atoms with Crippen LogP contribution in [0.2, 0.25) is 0 Å². The maximum Gasteiger partial charge on any atom is 0.259 e. The van der Waals surface area contributed by atoms with Gasteiger partial charge in [-0.05, 0) is 32.6 Å². The van der Waals surface area contributed by atoms with E-state index < -0.39 is 17.2 Å². The molecule has 1 aromatic rings. The summed E-state index contributed by atoms with van der Waals surface area (Å²) in [4.78, 5) is 40.4. The van der Waals surface area contributed by atoms with Crippen molar-refractivity contribution in [2.75, 3.05) is 19.7 Å². The van der Waals surface area contributed by atoms with Gasteiger partial charge in [0.05, 0.1) is 6.61 Å². The van der Waals surface area contributed by atoms with Crippen LogP contribution in [0.15, 0.2) is 17.2 Å². The Morgan fingerprint density at radius 2 is 1.76 bits per heavy atom. The second kappa shape index (κ2) is 10.6. The summed E-state index contributed by atoms with van der Waals surface area (Å²) in [5, 5.41) is 12.1.